The van der Waals surface area contributed by atoms with Crippen LogP contribution in [0.3, 0.4) is 0 Å². The van der Waals surface area contributed by atoms with E-state index in [2.05, 4.69) is 179 Å². The van der Waals surface area contributed by atoms with Crippen molar-refractivity contribution in [3.63, 3.8) is 0 Å². The molecule has 0 saturated heterocycles. The summed E-state index contributed by atoms with van der Waals surface area (Å²) in [6, 6.07) is 60.0. The predicted octanol–water partition coefficient (Wildman–Crippen LogP) is 11.8. The third kappa shape index (κ3) is 3.90. The molecular formula is C44H28BrN. The lowest BCUT2D eigenvalue weighted by molar-refractivity contribution is 0.769. The minimum Gasteiger partial charge on any atom is -0.249 e. The predicted molar refractivity (Wildman–Crippen MR) is 195 cm³/mol. The van der Waals surface area contributed by atoms with Crippen LogP contribution in [0.5, 0.6) is 0 Å². The quantitative estimate of drug-likeness (QED) is 0.136. The Morgan fingerprint density at radius 3 is 1.46 bits per heavy atom. The van der Waals surface area contributed by atoms with Crippen LogP contribution in [0.15, 0.2) is 175 Å². The molecule has 1 aliphatic rings. The van der Waals surface area contributed by atoms with E-state index in [1.807, 2.05) is 12.3 Å². The number of benzene rings is 7. The van der Waals surface area contributed by atoms with Gasteiger partial charge in [0.05, 0.1) is 5.41 Å². The molecule has 0 bridgehead atoms. The smallest absolute Gasteiger partial charge is 0.106 e. The van der Waals surface area contributed by atoms with Crippen molar-refractivity contribution in [2.75, 3.05) is 0 Å². The molecule has 0 amide bonds. The first kappa shape index (κ1) is 27.0. The Morgan fingerprint density at radius 2 is 0.891 bits per heavy atom. The molecule has 216 valence electrons. The largest absolute Gasteiger partial charge is 0.249 e. The topological polar surface area (TPSA) is 12.9 Å². The van der Waals surface area contributed by atoms with E-state index in [0.29, 0.717) is 0 Å². The molecule has 0 atom stereocenters. The molecule has 0 fully saturated rings. The minimum absolute atomic E-state index is 0.445. The molecule has 1 heterocycles. The summed E-state index contributed by atoms with van der Waals surface area (Å²) < 4.78 is 0.834. The fraction of sp³-hybridized carbons (Fsp3) is 0.0227. The molecule has 46 heavy (non-hydrogen) atoms. The van der Waals surface area contributed by atoms with Crippen LogP contribution in [0, 0.1) is 0 Å². The van der Waals surface area contributed by atoms with Crippen molar-refractivity contribution in [2.45, 2.75) is 5.41 Å². The van der Waals surface area contributed by atoms with E-state index in [9.17, 15) is 0 Å². The Morgan fingerprint density at radius 1 is 0.413 bits per heavy atom. The molecular weight excluding hydrogens is 622 g/mol. The zero-order valence-corrected chi connectivity index (χ0v) is 26.6. The molecule has 0 spiro atoms. The van der Waals surface area contributed by atoms with Crippen LogP contribution >= 0.6 is 15.9 Å². The Bertz CT molecular complexity index is 2310. The first-order valence-corrected chi connectivity index (χ1v) is 16.5. The number of fused-ring (bicyclic) bond motifs is 5. The second-order valence-corrected chi connectivity index (χ2v) is 12.8. The van der Waals surface area contributed by atoms with Gasteiger partial charge in [0.2, 0.25) is 0 Å². The highest BCUT2D eigenvalue weighted by atomic mass is 79.9. The van der Waals surface area contributed by atoms with Gasteiger partial charge >= 0.3 is 0 Å². The highest BCUT2D eigenvalue weighted by Gasteiger charge is 2.46. The van der Waals surface area contributed by atoms with Crippen molar-refractivity contribution in [1.82, 2.24) is 4.98 Å². The van der Waals surface area contributed by atoms with Gasteiger partial charge in [-0.05, 0) is 99.7 Å². The lowest BCUT2D eigenvalue weighted by Crippen LogP contribution is -2.28. The molecule has 7 aromatic carbocycles. The molecule has 0 aliphatic heterocycles. The zero-order valence-electron chi connectivity index (χ0n) is 25.0. The summed E-state index contributed by atoms with van der Waals surface area (Å²) in [4.78, 5) is 4.60. The molecule has 0 unspecified atom stereocenters. The van der Waals surface area contributed by atoms with E-state index in [1.54, 1.807) is 0 Å². The second kappa shape index (κ2) is 10.7. The molecule has 1 aromatic heterocycles. The number of nitrogens with zero attached hydrogens (tertiary/aromatic N) is 1. The van der Waals surface area contributed by atoms with Gasteiger partial charge in [-0.25, -0.2) is 4.98 Å². The van der Waals surface area contributed by atoms with Crippen LogP contribution in [0.25, 0.3) is 54.9 Å². The van der Waals surface area contributed by atoms with Crippen molar-refractivity contribution in [3.05, 3.63) is 197 Å². The monoisotopic (exact) mass is 649 g/mol. The van der Waals surface area contributed by atoms with Gasteiger partial charge in [-0.1, -0.05) is 152 Å². The molecule has 0 radical (unpaired) electrons. The van der Waals surface area contributed by atoms with E-state index < -0.39 is 5.41 Å². The van der Waals surface area contributed by atoms with Crippen LogP contribution in [-0.4, -0.2) is 4.98 Å². The first-order chi connectivity index (χ1) is 22.7. The molecule has 8 aromatic rings. The highest BCUT2D eigenvalue weighted by Crippen LogP contribution is 2.57. The van der Waals surface area contributed by atoms with Crippen LogP contribution in [0.1, 0.15) is 22.3 Å². The first-order valence-electron chi connectivity index (χ1n) is 15.7. The average Bonchev–Trinajstić information content (AvgIpc) is 3.42. The number of rotatable bonds is 4. The molecule has 9 rings (SSSR count). The number of pyridine rings is 1. The Labute approximate surface area is 277 Å². The van der Waals surface area contributed by atoms with Crippen LogP contribution in [0.4, 0.5) is 0 Å². The third-order valence-corrected chi connectivity index (χ3v) is 10.2. The molecule has 0 N–H and O–H groups in total. The number of hydrogen-bond donors (Lipinski definition) is 0. The lowest BCUT2D eigenvalue weighted by Gasteiger charge is -2.34. The van der Waals surface area contributed by atoms with Crippen molar-refractivity contribution in [2.24, 2.45) is 0 Å². The number of hydrogen-bond acceptors (Lipinski definition) is 1. The minimum atomic E-state index is -0.445. The second-order valence-electron chi connectivity index (χ2n) is 12.0. The van der Waals surface area contributed by atoms with E-state index >= 15 is 0 Å². The molecule has 1 nitrogen and oxygen atoms in total. The van der Waals surface area contributed by atoms with Crippen molar-refractivity contribution < 1.29 is 0 Å². The van der Waals surface area contributed by atoms with Crippen molar-refractivity contribution in [1.29, 1.82) is 0 Å². The van der Waals surface area contributed by atoms with Gasteiger partial charge in [0.15, 0.2) is 0 Å². The number of halogens is 1. The SMILES string of the molecule is Brc1ccc(-c2c3ccccc3c(-c3ccc4c(c3)C(c3ccccc3)(c3ccccc3)c3ccccc3-4)c3ccccc23)cn1. The zero-order chi connectivity index (χ0) is 30.7. The van der Waals surface area contributed by atoms with E-state index in [-0.39, 0.29) is 0 Å². The van der Waals surface area contributed by atoms with Crippen LogP contribution in [-0.2, 0) is 5.41 Å². The average molecular weight is 651 g/mol. The van der Waals surface area contributed by atoms with Gasteiger partial charge in [-0.15, -0.1) is 0 Å². The molecule has 0 saturated carbocycles. The summed E-state index contributed by atoms with van der Waals surface area (Å²) >= 11 is 3.53. The van der Waals surface area contributed by atoms with Gasteiger partial charge in [-0.2, -0.15) is 0 Å². The fourth-order valence-electron chi connectivity index (χ4n) is 7.87. The Kier molecular flexibility index (Phi) is 6.26. The maximum Gasteiger partial charge on any atom is 0.106 e. The lowest BCUT2D eigenvalue weighted by atomic mass is 9.67. The van der Waals surface area contributed by atoms with Crippen LogP contribution < -0.4 is 0 Å². The van der Waals surface area contributed by atoms with Crippen molar-refractivity contribution >= 4 is 37.5 Å². The van der Waals surface area contributed by atoms with Crippen molar-refractivity contribution in [3.8, 4) is 33.4 Å². The van der Waals surface area contributed by atoms with E-state index in [4.69, 9.17) is 0 Å². The van der Waals surface area contributed by atoms with Gasteiger partial charge in [-0.3, -0.25) is 0 Å². The van der Waals surface area contributed by atoms with E-state index in [0.717, 1.165) is 10.2 Å². The fourth-order valence-corrected chi connectivity index (χ4v) is 8.11. The third-order valence-electron chi connectivity index (χ3n) is 9.69. The van der Waals surface area contributed by atoms with Gasteiger partial charge < -0.3 is 0 Å². The maximum atomic E-state index is 4.60. The highest BCUT2D eigenvalue weighted by molar-refractivity contribution is 9.10. The van der Waals surface area contributed by atoms with Crippen LogP contribution in [0.2, 0.25) is 0 Å². The summed E-state index contributed by atoms with van der Waals surface area (Å²) in [7, 11) is 0. The Balaban J connectivity index is 1.39. The maximum absolute atomic E-state index is 4.60. The summed E-state index contributed by atoms with van der Waals surface area (Å²) in [5, 5.41) is 4.92. The standard InChI is InChI=1S/C44H28BrN/c45-41-26-24-30(28-46-41)43-37-20-9-7-18-35(37)42(36-19-8-10-21-38(36)43)29-23-25-34-33-17-11-12-22-39(33)44(40(34)27-29,31-13-3-1-4-14-31)32-15-5-2-6-16-32/h1-28H. The normalized spacial score (nSPS) is 13.1. The van der Waals surface area contributed by atoms with Gasteiger partial charge in [0.25, 0.3) is 0 Å². The Hall–Kier alpha value is -5.31. The van der Waals surface area contributed by atoms with Gasteiger partial charge in [0, 0.05) is 11.8 Å². The summed E-state index contributed by atoms with van der Waals surface area (Å²) in [5.41, 5.74) is 12.1. The van der Waals surface area contributed by atoms with E-state index in [1.165, 1.54) is 71.6 Å². The number of aromatic nitrogens is 1. The summed E-state index contributed by atoms with van der Waals surface area (Å²) in [6.07, 6.45) is 1.97. The van der Waals surface area contributed by atoms with Gasteiger partial charge in [0.1, 0.15) is 4.60 Å². The molecule has 1 aliphatic carbocycles. The molecule has 2 heteroatoms. The summed E-state index contributed by atoms with van der Waals surface area (Å²) in [6.45, 7) is 0. The summed E-state index contributed by atoms with van der Waals surface area (Å²) in [5.74, 6) is 0.